The van der Waals surface area contributed by atoms with E-state index in [4.69, 9.17) is 4.74 Å². The van der Waals surface area contributed by atoms with Crippen LogP contribution in [0.25, 0.3) is 0 Å². The molecule has 0 fully saturated rings. The van der Waals surface area contributed by atoms with Crippen molar-refractivity contribution in [1.29, 1.82) is 0 Å². The number of rotatable bonds is 17. The Morgan fingerprint density at radius 3 is 2.08 bits per heavy atom. The molecule has 1 aromatic heterocycles. The Morgan fingerprint density at radius 2 is 1.50 bits per heavy atom. The molecule has 0 aliphatic rings. The Labute approximate surface area is 220 Å². The van der Waals surface area contributed by atoms with Gasteiger partial charge in [0.25, 0.3) is 0 Å². The molecule has 1 amide bonds. The summed E-state index contributed by atoms with van der Waals surface area (Å²) in [6.45, 7) is 11.7. The van der Waals surface area contributed by atoms with Gasteiger partial charge in [0, 0.05) is 18.6 Å². The molecule has 0 spiro atoms. The van der Waals surface area contributed by atoms with Crippen LogP contribution in [0.2, 0.25) is 0 Å². The van der Waals surface area contributed by atoms with Gasteiger partial charge in [-0.3, -0.25) is 10.1 Å². The van der Waals surface area contributed by atoms with Gasteiger partial charge in [-0.05, 0) is 29.0 Å². The Balaban J connectivity index is 1.82. The number of hydrogen-bond donors (Lipinski definition) is 1. The zero-order valence-electron chi connectivity index (χ0n) is 23.7. The SMILES string of the molecule is CCCCCCCCCCCCOc1ccc(CC(=O)NC(CC)[n+]2ccccc2)cc1C(C)(C)C. The van der Waals surface area contributed by atoms with Crippen molar-refractivity contribution in [2.24, 2.45) is 0 Å². The summed E-state index contributed by atoms with van der Waals surface area (Å²) < 4.78 is 8.28. The van der Waals surface area contributed by atoms with Crippen molar-refractivity contribution in [3.63, 3.8) is 0 Å². The fourth-order valence-electron chi connectivity index (χ4n) is 4.60. The first-order valence-corrected chi connectivity index (χ1v) is 14.4. The highest BCUT2D eigenvalue weighted by atomic mass is 16.5. The Kier molecular flexibility index (Phi) is 13.6. The number of pyridine rings is 1. The van der Waals surface area contributed by atoms with Gasteiger partial charge in [-0.25, -0.2) is 0 Å². The molecular formula is C32H51N2O2+. The maximum Gasteiger partial charge on any atom is 0.233 e. The van der Waals surface area contributed by atoms with Gasteiger partial charge >= 0.3 is 0 Å². The minimum absolute atomic E-state index is 0.0375. The minimum atomic E-state index is -0.0502. The van der Waals surface area contributed by atoms with E-state index in [-0.39, 0.29) is 17.5 Å². The molecule has 1 atom stereocenters. The number of unbranched alkanes of at least 4 members (excludes halogenated alkanes) is 9. The number of carbonyl (C=O) groups excluding carboxylic acids is 1. The van der Waals surface area contributed by atoms with Crippen molar-refractivity contribution < 1.29 is 14.1 Å². The van der Waals surface area contributed by atoms with Crippen LogP contribution in [0.4, 0.5) is 0 Å². The van der Waals surface area contributed by atoms with E-state index in [1.165, 1.54) is 63.4 Å². The van der Waals surface area contributed by atoms with Crippen LogP contribution in [-0.2, 0) is 16.6 Å². The Bertz CT molecular complexity index is 873. The molecular weight excluding hydrogens is 444 g/mol. The highest BCUT2D eigenvalue weighted by Gasteiger charge is 2.22. The van der Waals surface area contributed by atoms with E-state index in [0.717, 1.165) is 30.8 Å². The monoisotopic (exact) mass is 495 g/mol. The van der Waals surface area contributed by atoms with E-state index in [9.17, 15) is 4.79 Å². The Hall–Kier alpha value is -2.36. The average molecular weight is 496 g/mol. The smallest absolute Gasteiger partial charge is 0.233 e. The average Bonchev–Trinajstić information content (AvgIpc) is 2.86. The predicted molar refractivity (Wildman–Crippen MR) is 150 cm³/mol. The first-order valence-electron chi connectivity index (χ1n) is 14.4. The molecule has 0 bridgehead atoms. The van der Waals surface area contributed by atoms with Crippen LogP contribution in [-0.4, -0.2) is 12.5 Å². The van der Waals surface area contributed by atoms with Gasteiger partial charge in [-0.2, -0.15) is 4.57 Å². The van der Waals surface area contributed by atoms with E-state index >= 15 is 0 Å². The van der Waals surface area contributed by atoms with Crippen LogP contribution < -0.4 is 14.6 Å². The molecule has 1 heterocycles. The van der Waals surface area contributed by atoms with E-state index in [2.05, 4.69) is 52.1 Å². The second kappa shape index (κ2) is 16.4. The lowest BCUT2D eigenvalue weighted by atomic mass is 9.85. The van der Waals surface area contributed by atoms with Crippen LogP contribution in [0.15, 0.2) is 48.8 Å². The molecule has 36 heavy (non-hydrogen) atoms. The van der Waals surface area contributed by atoms with Crippen molar-refractivity contribution in [2.75, 3.05) is 6.61 Å². The zero-order chi connectivity index (χ0) is 26.2. The number of hydrogen-bond acceptors (Lipinski definition) is 2. The first kappa shape index (κ1) is 29.9. The van der Waals surface area contributed by atoms with Crippen LogP contribution in [0.5, 0.6) is 5.75 Å². The van der Waals surface area contributed by atoms with E-state index in [0.29, 0.717) is 6.42 Å². The van der Waals surface area contributed by atoms with Crippen LogP contribution in [0.1, 0.15) is 123 Å². The molecule has 0 radical (unpaired) electrons. The number of carbonyl (C=O) groups is 1. The van der Waals surface area contributed by atoms with Crippen molar-refractivity contribution in [3.05, 3.63) is 59.9 Å². The summed E-state index contributed by atoms with van der Waals surface area (Å²) in [5, 5.41) is 3.17. The van der Waals surface area contributed by atoms with Gasteiger partial charge in [0.15, 0.2) is 12.4 Å². The standard InChI is InChI=1S/C32H50N2O2/c1-6-8-9-10-11-12-13-14-15-19-24-36-29-21-20-27(25-28(29)32(3,4)5)26-31(35)33-30(7-2)34-22-17-16-18-23-34/h16-18,20-23,25,30H,6-15,19,24,26H2,1-5H3/p+1. The molecule has 200 valence electrons. The summed E-state index contributed by atoms with van der Waals surface area (Å²) in [5.74, 6) is 0.992. The van der Waals surface area contributed by atoms with Crippen molar-refractivity contribution in [2.45, 2.75) is 123 Å². The molecule has 4 nitrogen and oxygen atoms in total. The summed E-state index contributed by atoms with van der Waals surface area (Å²) >= 11 is 0. The lowest BCUT2D eigenvalue weighted by Crippen LogP contribution is -2.49. The molecule has 0 aliphatic heterocycles. The van der Waals surface area contributed by atoms with Gasteiger partial charge in [0.2, 0.25) is 12.1 Å². The molecule has 0 saturated carbocycles. The molecule has 1 unspecified atom stereocenters. The molecule has 0 saturated heterocycles. The van der Waals surface area contributed by atoms with E-state index in [1.807, 2.05) is 41.2 Å². The minimum Gasteiger partial charge on any atom is -0.493 e. The summed E-state index contributed by atoms with van der Waals surface area (Å²) in [4.78, 5) is 12.8. The lowest BCUT2D eigenvalue weighted by Gasteiger charge is -2.24. The quantitative estimate of drug-likeness (QED) is 0.179. The largest absolute Gasteiger partial charge is 0.493 e. The van der Waals surface area contributed by atoms with Gasteiger partial charge < -0.3 is 4.74 Å². The van der Waals surface area contributed by atoms with E-state index in [1.54, 1.807) is 0 Å². The number of benzene rings is 1. The van der Waals surface area contributed by atoms with E-state index < -0.39 is 0 Å². The first-order chi connectivity index (χ1) is 17.3. The third-order valence-corrected chi connectivity index (χ3v) is 6.78. The zero-order valence-corrected chi connectivity index (χ0v) is 23.7. The number of ether oxygens (including phenoxy) is 1. The number of nitrogens with zero attached hydrogens (tertiary/aromatic N) is 1. The summed E-state index contributed by atoms with van der Waals surface area (Å²) in [6, 6.07) is 12.2. The second-order valence-electron chi connectivity index (χ2n) is 11.1. The topological polar surface area (TPSA) is 42.2 Å². The fourth-order valence-corrected chi connectivity index (χ4v) is 4.60. The molecule has 1 N–H and O–H groups in total. The number of aromatic nitrogens is 1. The number of amides is 1. The molecule has 4 heteroatoms. The summed E-state index contributed by atoms with van der Waals surface area (Å²) in [7, 11) is 0. The second-order valence-corrected chi connectivity index (χ2v) is 11.1. The highest BCUT2D eigenvalue weighted by Crippen LogP contribution is 2.32. The fraction of sp³-hybridized carbons (Fsp3) is 0.625. The molecule has 1 aromatic carbocycles. The summed E-state index contributed by atoms with van der Waals surface area (Å²) in [5.41, 5.74) is 2.15. The van der Waals surface area contributed by atoms with Gasteiger partial charge in [-0.1, -0.05) is 111 Å². The van der Waals surface area contributed by atoms with Gasteiger partial charge in [0.1, 0.15) is 5.75 Å². The molecule has 2 rings (SSSR count). The van der Waals surface area contributed by atoms with Crippen LogP contribution >= 0.6 is 0 Å². The maximum atomic E-state index is 12.8. The predicted octanol–water partition coefficient (Wildman–Crippen LogP) is 7.84. The van der Waals surface area contributed by atoms with Crippen molar-refractivity contribution >= 4 is 5.91 Å². The normalized spacial score (nSPS) is 12.4. The summed E-state index contributed by atoms with van der Waals surface area (Å²) in [6.07, 6.45) is 18.4. The number of nitrogens with one attached hydrogen (secondary N) is 1. The van der Waals surface area contributed by atoms with Gasteiger partial charge in [0.05, 0.1) is 13.0 Å². The van der Waals surface area contributed by atoms with Crippen LogP contribution in [0.3, 0.4) is 0 Å². The maximum absolute atomic E-state index is 12.8. The third-order valence-electron chi connectivity index (χ3n) is 6.78. The molecule has 2 aromatic rings. The van der Waals surface area contributed by atoms with Crippen molar-refractivity contribution in [1.82, 2.24) is 5.32 Å². The van der Waals surface area contributed by atoms with Gasteiger partial charge in [-0.15, -0.1) is 0 Å². The lowest BCUT2D eigenvalue weighted by molar-refractivity contribution is -0.727. The van der Waals surface area contributed by atoms with Crippen molar-refractivity contribution in [3.8, 4) is 5.75 Å². The third kappa shape index (κ3) is 11.1. The Morgan fingerprint density at radius 1 is 0.889 bits per heavy atom. The van der Waals surface area contributed by atoms with Crippen LogP contribution in [0, 0.1) is 0 Å². The molecule has 0 aliphatic carbocycles. The highest BCUT2D eigenvalue weighted by molar-refractivity contribution is 5.78.